The van der Waals surface area contributed by atoms with Crippen LogP contribution < -0.4 is 10.2 Å². The van der Waals surface area contributed by atoms with Crippen molar-refractivity contribution in [1.82, 2.24) is 29.4 Å². The lowest BCUT2D eigenvalue weighted by atomic mass is 10.0. The number of amides is 1. The highest BCUT2D eigenvalue weighted by Crippen LogP contribution is 2.33. The van der Waals surface area contributed by atoms with Crippen molar-refractivity contribution < 1.29 is 18.0 Å². The molecule has 0 radical (unpaired) electrons. The molecule has 0 spiro atoms. The van der Waals surface area contributed by atoms with Gasteiger partial charge < -0.3 is 15.1 Å². The SMILES string of the molecule is CCN1CCN(Cc2ccc(C(=O)Nc3cc(C#Cc4cnn5ccc(N(C)C)nc45)ccn3)cc2C(F)(F)F)CC1. The number of nitrogens with zero attached hydrogens (tertiary/aromatic N) is 7. The zero-order valence-corrected chi connectivity index (χ0v) is 23.6. The van der Waals surface area contributed by atoms with Gasteiger partial charge in [-0.3, -0.25) is 9.69 Å². The molecule has 4 aromatic rings. The maximum Gasteiger partial charge on any atom is 0.416 e. The lowest BCUT2D eigenvalue weighted by Crippen LogP contribution is -2.45. The van der Waals surface area contributed by atoms with Crippen LogP contribution in [0.3, 0.4) is 0 Å². The van der Waals surface area contributed by atoms with E-state index in [1.807, 2.05) is 30.0 Å². The third-order valence-corrected chi connectivity index (χ3v) is 7.14. The largest absolute Gasteiger partial charge is 0.416 e. The fraction of sp³-hybridized carbons (Fsp3) is 0.333. The number of aromatic nitrogens is 4. The number of rotatable bonds is 6. The second kappa shape index (κ2) is 12.2. The van der Waals surface area contributed by atoms with Gasteiger partial charge >= 0.3 is 6.18 Å². The second-order valence-corrected chi connectivity index (χ2v) is 10.2. The smallest absolute Gasteiger partial charge is 0.363 e. The van der Waals surface area contributed by atoms with Crippen LogP contribution in [0.1, 0.15) is 39.5 Å². The molecule has 1 aliphatic heterocycles. The number of likely N-dealkylation sites (N-methyl/N-ethyl adjacent to an activating group) is 1. The summed E-state index contributed by atoms with van der Waals surface area (Å²) in [5.74, 6) is 6.31. The summed E-state index contributed by atoms with van der Waals surface area (Å²) in [4.78, 5) is 27.8. The fourth-order valence-corrected chi connectivity index (χ4v) is 4.73. The average molecular weight is 577 g/mol. The van der Waals surface area contributed by atoms with Crippen LogP contribution >= 0.6 is 0 Å². The lowest BCUT2D eigenvalue weighted by molar-refractivity contribution is -0.138. The molecule has 1 fully saturated rings. The van der Waals surface area contributed by atoms with E-state index >= 15 is 0 Å². The molecule has 3 aromatic heterocycles. The van der Waals surface area contributed by atoms with Gasteiger partial charge in [-0.25, -0.2) is 14.5 Å². The molecule has 1 aromatic carbocycles. The van der Waals surface area contributed by atoms with E-state index in [1.54, 1.807) is 29.0 Å². The molecule has 0 unspecified atom stereocenters. The molecular formula is C30H31F3N8O. The number of piperazine rings is 1. The minimum absolute atomic E-state index is 0.103. The van der Waals surface area contributed by atoms with Gasteiger partial charge in [-0.2, -0.15) is 18.3 Å². The number of alkyl halides is 3. The fourth-order valence-electron chi connectivity index (χ4n) is 4.73. The predicted octanol–water partition coefficient (Wildman–Crippen LogP) is 4.00. The van der Waals surface area contributed by atoms with Crippen molar-refractivity contribution in [3.8, 4) is 11.8 Å². The van der Waals surface area contributed by atoms with Gasteiger partial charge in [0.05, 0.1) is 17.3 Å². The van der Waals surface area contributed by atoms with Crippen LogP contribution in [-0.4, -0.2) is 82.1 Å². The van der Waals surface area contributed by atoms with Gasteiger partial charge in [-0.15, -0.1) is 0 Å². The third kappa shape index (κ3) is 6.70. The van der Waals surface area contributed by atoms with Crippen LogP contribution in [0.2, 0.25) is 0 Å². The molecule has 9 nitrogen and oxygen atoms in total. The van der Waals surface area contributed by atoms with Gasteiger partial charge in [0, 0.05) is 70.3 Å². The first-order valence-electron chi connectivity index (χ1n) is 13.6. The minimum atomic E-state index is -4.59. The molecule has 0 atom stereocenters. The van der Waals surface area contributed by atoms with Crippen LogP contribution in [0.15, 0.2) is 55.0 Å². The Morgan fingerprint density at radius 2 is 1.81 bits per heavy atom. The Labute approximate surface area is 242 Å². The first-order chi connectivity index (χ1) is 20.1. The summed E-state index contributed by atoms with van der Waals surface area (Å²) in [7, 11) is 3.78. The van der Waals surface area contributed by atoms with Crippen molar-refractivity contribution in [2.24, 2.45) is 0 Å². The highest BCUT2D eigenvalue weighted by atomic mass is 19.4. The summed E-state index contributed by atoms with van der Waals surface area (Å²) in [6, 6.07) is 8.80. The van der Waals surface area contributed by atoms with Crippen molar-refractivity contribution >= 4 is 23.2 Å². The summed E-state index contributed by atoms with van der Waals surface area (Å²) >= 11 is 0. The number of benzene rings is 1. The van der Waals surface area contributed by atoms with E-state index in [1.165, 1.54) is 18.3 Å². The maximum absolute atomic E-state index is 14.0. The number of pyridine rings is 1. The molecular weight excluding hydrogens is 545 g/mol. The number of nitrogens with one attached hydrogen (secondary N) is 1. The molecule has 0 saturated carbocycles. The molecule has 1 amide bonds. The topological polar surface area (TPSA) is 81.9 Å². The van der Waals surface area contributed by atoms with Crippen LogP contribution in [0.5, 0.6) is 0 Å². The first-order valence-corrected chi connectivity index (χ1v) is 13.6. The van der Waals surface area contributed by atoms with Crippen molar-refractivity contribution in [2.75, 3.05) is 57.0 Å². The second-order valence-electron chi connectivity index (χ2n) is 10.2. The Kier molecular flexibility index (Phi) is 8.42. The minimum Gasteiger partial charge on any atom is -0.363 e. The molecule has 1 aliphatic rings. The Balaban J connectivity index is 1.31. The molecule has 12 heteroatoms. The molecule has 4 heterocycles. The van der Waals surface area contributed by atoms with E-state index in [9.17, 15) is 18.0 Å². The Morgan fingerprint density at radius 1 is 1.05 bits per heavy atom. The van der Waals surface area contributed by atoms with Gasteiger partial charge in [0.25, 0.3) is 5.91 Å². The monoisotopic (exact) mass is 576 g/mol. The summed E-state index contributed by atoms with van der Waals surface area (Å²) in [6.07, 6.45) is 0.296. The highest BCUT2D eigenvalue weighted by Gasteiger charge is 2.34. The van der Waals surface area contributed by atoms with Gasteiger partial charge in [-0.05, 0) is 42.4 Å². The third-order valence-electron chi connectivity index (χ3n) is 7.14. The van der Waals surface area contributed by atoms with E-state index in [0.717, 1.165) is 31.5 Å². The van der Waals surface area contributed by atoms with Crippen LogP contribution in [0.4, 0.5) is 24.8 Å². The number of hydrogen-bond acceptors (Lipinski definition) is 7. The van der Waals surface area contributed by atoms with Crippen LogP contribution in [-0.2, 0) is 12.7 Å². The molecule has 1 saturated heterocycles. The van der Waals surface area contributed by atoms with E-state index in [-0.39, 0.29) is 23.5 Å². The molecule has 5 rings (SSSR count). The predicted molar refractivity (Wildman–Crippen MR) is 154 cm³/mol. The molecule has 0 aliphatic carbocycles. The first kappa shape index (κ1) is 29.0. The van der Waals surface area contributed by atoms with Crippen LogP contribution in [0.25, 0.3) is 5.65 Å². The van der Waals surface area contributed by atoms with Gasteiger partial charge in [-0.1, -0.05) is 24.8 Å². The lowest BCUT2D eigenvalue weighted by Gasteiger charge is -2.34. The average Bonchev–Trinajstić information content (AvgIpc) is 3.38. The number of halogens is 3. The van der Waals surface area contributed by atoms with Gasteiger partial charge in [0.1, 0.15) is 11.6 Å². The zero-order chi connectivity index (χ0) is 29.9. The Morgan fingerprint density at radius 3 is 2.52 bits per heavy atom. The standard InChI is InChI=1S/C30H31F3N8O/c1-4-39-13-15-40(16-14-39)20-24-8-7-22(18-25(24)30(31,32)33)29(42)36-26-17-21(9-11-34-26)5-6-23-19-35-41-12-10-27(38(2)3)37-28(23)41/h7-12,17-19H,4,13-16,20H2,1-3H3,(H,34,36,42). The van der Waals surface area contributed by atoms with Crippen LogP contribution in [0, 0.1) is 11.8 Å². The highest BCUT2D eigenvalue weighted by molar-refractivity contribution is 6.04. The Bertz CT molecular complexity index is 1650. The number of carbonyl (C=O) groups excluding carboxylic acids is 1. The maximum atomic E-state index is 14.0. The zero-order valence-electron chi connectivity index (χ0n) is 23.6. The van der Waals surface area contributed by atoms with E-state index in [2.05, 4.69) is 44.0 Å². The summed E-state index contributed by atoms with van der Waals surface area (Å²) in [5.41, 5.74) is 1.02. The molecule has 0 bridgehead atoms. The summed E-state index contributed by atoms with van der Waals surface area (Å²) in [6.45, 7) is 6.21. The number of fused-ring (bicyclic) bond motifs is 1. The van der Waals surface area contributed by atoms with E-state index in [0.29, 0.717) is 29.9 Å². The van der Waals surface area contributed by atoms with Crippen molar-refractivity contribution in [3.63, 3.8) is 0 Å². The molecule has 1 N–H and O–H groups in total. The van der Waals surface area contributed by atoms with Gasteiger partial charge in [0.2, 0.25) is 0 Å². The quantitative estimate of drug-likeness (QED) is 0.348. The number of anilines is 2. The molecule has 218 valence electrons. The number of hydrogen-bond donors (Lipinski definition) is 1. The summed E-state index contributed by atoms with van der Waals surface area (Å²) in [5, 5.41) is 6.87. The van der Waals surface area contributed by atoms with Gasteiger partial charge in [0.15, 0.2) is 5.65 Å². The van der Waals surface area contributed by atoms with Crippen molar-refractivity contribution in [3.05, 3.63) is 82.8 Å². The normalized spacial score (nSPS) is 14.4. The van der Waals surface area contributed by atoms with E-state index < -0.39 is 17.6 Å². The molecule has 42 heavy (non-hydrogen) atoms. The summed E-state index contributed by atoms with van der Waals surface area (Å²) < 4.78 is 43.6. The number of carbonyl (C=O) groups is 1. The van der Waals surface area contributed by atoms with E-state index in [4.69, 9.17) is 0 Å². The Hall–Kier alpha value is -4.47. The van der Waals surface area contributed by atoms with Crippen molar-refractivity contribution in [1.29, 1.82) is 0 Å². The van der Waals surface area contributed by atoms with Crippen molar-refractivity contribution in [2.45, 2.75) is 19.6 Å².